The average molecular weight is 281 g/mol. The van der Waals surface area contributed by atoms with Crippen molar-refractivity contribution in [2.75, 3.05) is 0 Å². The molecule has 0 atom stereocenters. The predicted octanol–water partition coefficient (Wildman–Crippen LogP) is 2.60. The SMILES string of the molecule is O=C(O)c1[nH]c2c(O)cccc2c(=O)c1-c1ccccc1. The molecule has 2 aromatic carbocycles. The summed E-state index contributed by atoms with van der Waals surface area (Å²) in [5.41, 5.74) is 0.0608. The lowest BCUT2D eigenvalue weighted by Crippen LogP contribution is -2.15. The highest BCUT2D eigenvalue weighted by Gasteiger charge is 2.19. The monoisotopic (exact) mass is 281 g/mol. The number of pyridine rings is 1. The molecule has 1 heterocycles. The average Bonchev–Trinajstić information content (AvgIpc) is 2.48. The molecule has 0 aliphatic carbocycles. The van der Waals surface area contributed by atoms with E-state index in [1.54, 1.807) is 42.5 Å². The van der Waals surface area contributed by atoms with Gasteiger partial charge in [-0.2, -0.15) is 0 Å². The summed E-state index contributed by atoms with van der Waals surface area (Å²) in [6.45, 7) is 0. The Morgan fingerprint density at radius 2 is 1.71 bits per heavy atom. The molecule has 5 nitrogen and oxygen atoms in total. The Balaban J connectivity index is 2.49. The smallest absolute Gasteiger partial charge is 0.353 e. The summed E-state index contributed by atoms with van der Waals surface area (Å²) in [5.74, 6) is -1.41. The Hall–Kier alpha value is -3.08. The summed E-state index contributed by atoms with van der Waals surface area (Å²) >= 11 is 0. The first-order valence-electron chi connectivity index (χ1n) is 6.26. The predicted molar refractivity (Wildman–Crippen MR) is 78.6 cm³/mol. The molecular formula is C16H11NO4. The molecule has 0 spiro atoms. The van der Waals surface area contributed by atoms with E-state index < -0.39 is 11.4 Å². The lowest BCUT2D eigenvalue weighted by Gasteiger charge is -2.09. The third kappa shape index (κ3) is 2.04. The van der Waals surface area contributed by atoms with Gasteiger partial charge in [-0.15, -0.1) is 0 Å². The van der Waals surface area contributed by atoms with Crippen LogP contribution in [-0.2, 0) is 0 Å². The van der Waals surface area contributed by atoms with Crippen LogP contribution >= 0.6 is 0 Å². The molecule has 0 bridgehead atoms. The van der Waals surface area contributed by atoms with Crippen molar-refractivity contribution in [1.82, 2.24) is 4.98 Å². The van der Waals surface area contributed by atoms with Crippen molar-refractivity contribution in [3.05, 3.63) is 64.4 Å². The molecule has 0 aliphatic heterocycles. The number of phenols is 1. The van der Waals surface area contributed by atoms with Crippen molar-refractivity contribution in [3.63, 3.8) is 0 Å². The minimum Gasteiger partial charge on any atom is -0.506 e. The van der Waals surface area contributed by atoms with E-state index in [0.29, 0.717) is 5.56 Å². The number of phenolic OH excluding ortho intramolecular Hbond substituents is 1. The van der Waals surface area contributed by atoms with Crippen molar-refractivity contribution in [2.45, 2.75) is 0 Å². The molecule has 3 N–H and O–H groups in total. The molecule has 3 rings (SSSR count). The van der Waals surface area contributed by atoms with Gasteiger partial charge in [0.05, 0.1) is 11.1 Å². The minimum absolute atomic E-state index is 0.0844. The molecule has 3 aromatic rings. The van der Waals surface area contributed by atoms with E-state index in [4.69, 9.17) is 0 Å². The van der Waals surface area contributed by atoms with E-state index in [0.717, 1.165) is 0 Å². The van der Waals surface area contributed by atoms with Crippen LogP contribution in [-0.4, -0.2) is 21.2 Å². The van der Waals surface area contributed by atoms with Crippen molar-refractivity contribution in [2.24, 2.45) is 0 Å². The Kier molecular flexibility index (Phi) is 2.95. The molecule has 0 radical (unpaired) electrons. The van der Waals surface area contributed by atoms with Gasteiger partial charge in [0.15, 0.2) is 5.43 Å². The fraction of sp³-hybridized carbons (Fsp3) is 0. The van der Waals surface area contributed by atoms with E-state index in [1.807, 2.05) is 0 Å². The van der Waals surface area contributed by atoms with E-state index in [-0.39, 0.29) is 27.9 Å². The van der Waals surface area contributed by atoms with Crippen LogP contribution in [0.5, 0.6) is 5.75 Å². The van der Waals surface area contributed by atoms with Gasteiger partial charge >= 0.3 is 5.97 Å². The lowest BCUT2D eigenvalue weighted by molar-refractivity contribution is 0.0692. The third-order valence-electron chi connectivity index (χ3n) is 3.29. The van der Waals surface area contributed by atoms with Gasteiger partial charge in [-0.05, 0) is 17.7 Å². The van der Waals surface area contributed by atoms with Crippen LogP contribution in [0, 0.1) is 0 Å². The molecule has 0 saturated heterocycles. The number of aromatic carboxylic acids is 1. The molecular weight excluding hydrogens is 270 g/mol. The Bertz CT molecular complexity index is 897. The second kappa shape index (κ2) is 4.79. The van der Waals surface area contributed by atoms with E-state index in [1.165, 1.54) is 6.07 Å². The van der Waals surface area contributed by atoms with Crippen LogP contribution < -0.4 is 5.43 Å². The fourth-order valence-electron chi connectivity index (χ4n) is 2.34. The number of fused-ring (bicyclic) bond motifs is 1. The van der Waals surface area contributed by atoms with Crippen molar-refractivity contribution < 1.29 is 15.0 Å². The standard InChI is InChI=1S/C16H11NO4/c18-11-8-4-7-10-13(11)17-14(16(20)21)12(15(10)19)9-5-2-1-3-6-9/h1-8,18H,(H,17,19)(H,20,21). The number of aromatic nitrogens is 1. The number of aromatic amines is 1. The highest BCUT2D eigenvalue weighted by atomic mass is 16.4. The summed E-state index contributed by atoms with van der Waals surface area (Å²) in [5, 5.41) is 19.4. The van der Waals surface area contributed by atoms with Crippen molar-refractivity contribution in [3.8, 4) is 16.9 Å². The number of carbonyl (C=O) groups is 1. The number of hydrogen-bond donors (Lipinski definition) is 3. The number of aromatic hydroxyl groups is 1. The molecule has 5 heteroatoms. The molecule has 21 heavy (non-hydrogen) atoms. The number of hydrogen-bond acceptors (Lipinski definition) is 3. The van der Waals surface area contributed by atoms with Crippen LogP contribution in [0.3, 0.4) is 0 Å². The van der Waals surface area contributed by atoms with Gasteiger partial charge in [-0.1, -0.05) is 36.4 Å². The zero-order valence-electron chi connectivity index (χ0n) is 10.8. The minimum atomic E-state index is -1.25. The van der Waals surface area contributed by atoms with Crippen LogP contribution in [0.15, 0.2) is 53.3 Å². The van der Waals surface area contributed by atoms with Gasteiger partial charge in [0.2, 0.25) is 0 Å². The molecule has 0 saturated carbocycles. The number of H-pyrrole nitrogens is 1. The number of carboxylic acids is 1. The molecule has 0 aliphatic rings. The molecule has 0 unspecified atom stereocenters. The zero-order chi connectivity index (χ0) is 15.0. The van der Waals surface area contributed by atoms with Crippen LogP contribution in [0.1, 0.15) is 10.5 Å². The van der Waals surface area contributed by atoms with E-state index in [2.05, 4.69) is 4.98 Å². The highest BCUT2D eigenvalue weighted by Crippen LogP contribution is 2.26. The Labute approximate surface area is 119 Å². The van der Waals surface area contributed by atoms with Crippen LogP contribution in [0.4, 0.5) is 0 Å². The van der Waals surface area contributed by atoms with Crippen LogP contribution in [0.2, 0.25) is 0 Å². The Morgan fingerprint density at radius 3 is 2.38 bits per heavy atom. The molecule has 1 aromatic heterocycles. The zero-order valence-corrected chi connectivity index (χ0v) is 10.8. The van der Waals surface area contributed by atoms with Crippen LogP contribution in [0.25, 0.3) is 22.0 Å². The number of carboxylic acid groups (broad SMARTS) is 1. The van der Waals surface area contributed by atoms with Gasteiger partial charge in [0, 0.05) is 5.39 Å². The van der Waals surface area contributed by atoms with Crippen molar-refractivity contribution >= 4 is 16.9 Å². The lowest BCUT2D eigenvalue weighted by atomic mass is 10.0. The van der Waals surface area contributed by atoms with Gasteiger partial charge in [-0.3, -0.25) is 4.79 Å². The maximum atomic E-state index is 12.6. The summed E-state index contributed by atoms with van der Waals surface area (Å²) in [6.07, 6.45) is 0. The second-order valence-corrected chi connectivity index (χ2v) is 4.58. The second-order valence-electron chi connectivity index (χ2n) is 4.58. The van der Waals surface area contributed by atoms with Gasteiger partial charge in [0.1, 0.15) is 11.4 Å². The quantitative estimate of drug-likeness (QED) is 0.673. The first kappa shape index (κ1) is 12.9. The summed E-state index contributed by atoms with van der Waals surface area (Å²) in [6, 6.07) is 13.1. The number of para-hydroxylation sites is 1. The summed E-state index contributed by atoms with van der Waals surface area (Å²) in [7, 11) is 0. The Morgan fingerprint density at radius 1 is 1.00 bits per heavy atom. The van der Waals surface area contributed by atoms with Gasteiger partial charge in [0.25, 0.3) is 0 Å². The first-order valence-corrected chi connectivity index (χ1v) is 6.26. The molecule has 0 fully saturated rings. The van der Waals surface area contributed by atoms with E-state index >= 15 is 0 Å². The largest absolute Gasteiger partial charge is 0.506 e. The molecule has 104 valence electrons. The summed E-state index contributed by atoms with van der Waals surface area (Å²) < 4.78 is 0. The summed E-state index contributed by atoms with van der Waals surface area (Å²) in [4.78, 5) is 26.7. The number of nitrogens with one attached hydrogen (secondary N) is 1. The third-order valence-corrected chi connectivity index (χ3v) is 3.29. The maximum Gasteiger partial charge on any atom is 0.353 e. The highest BCUT2D eigenvalue weighted by molar-refractivity contribution is 5.99. The van der Waals surface area contributed by atoms with Crippen molar-refractivity contribution in [1.29, 1.82) is 0 Å². The number of rotatable bonds is 2. The molecule has 0 amide bonds. The van der Waals surface area contributed by atoms with Gasteiger partial charge < -0.3 is 15.2 Å². The maximum absolute atomic E-state index is 12.6. The van der Waals surface area contributed by atoms with E-state index in [9.17, 15) is 19.8 Å². The normalized spacial score (nSPS) is 10.7. The fourth-order valence-corrected chi connectivity index (χ4v) is 2.34. The topological polar surface area (TPSA) is 90.4 Å². The van der Waals surface area contributed by atoms with Gasteiger partial charge in [-0.25, -0.2) is 4.79 Å². The number of benzene rings is 2. The first-order chi connectivity index (χ1) is 10.1.